The lowest BCUT2D eigenvalue weighted by molar-refractivity contribution is -0.119. The SMILES string of the molecule is CCCCCCC(=O)NC(=S)Nc1ccc(Oc2ccccc2)cc1. The third-order valence-electron chi connectivity index (χ3n) is 3.60. The summed E-state index contributed by atoms with van der Waals surface area (Å²) in [5, 5.41) is 6.04. The third-order valence-corrected chi connectivity index (χ3v) is 3.81. The first-order valence-corrected chi connectivity index (χ1v) is 9.02. The molecule has 0 saturated carbocycles. The number of nitrogens with one attached hydrogen (secondary N) is 2. The molecule has 0 radical (unpaired) electrons. The molecule has 2 aromatic carbocycles. The topological polar surface area (TPSA) is 50.4 Å². The van der Waals surface area contributed by atoms with E-state index in [4.69, 9.17) is 17.0 Å². The maximum absolute atomic E-state index is 11.8. The Morgan fingerprint density at radius 3 is 2.32 bits per heavy atom. The lowest BCUT2D eigenvalue weighted by atomic mass is 10.1. The van der Waals surface area contributed by atoms with Gasteiger partial charge < -0.3 is 15.4 Å². The molecular weight excluding hydrogens is 332 g/mol. The van der Waals surface area contributed by atoms with Crippen LogP contribution in [0.1, 0.15) is 39.0 Å². The van der Waals surface area contributed by atoms with E-state index in [0.717, 1.165) is 42.9 Å². The van der Waals surface area contributed by atoms with Crippen molar-refractivity contribution in [2.24, 2.45) is 0 Å². The monoisotopic (exact) mass is 356 g/mol. The zero-order valence-corrected chi connectivity index (χ0v) is 15.3. The molecule has 2 rings (SSSR count). The van der Waals surface area contributed by atoms with Crippen molar-refractivity contribution in [3.8, 4) is 11.5 Å². The van der Waals surface area contributed by atoms with Crippen molar-refractivity contribution < 1.29 is 9.53 Å². The van der Waals surface area contributed by atoms with Crippen molar-refractivity contribution in [2.75, 3.05) is 5.32 Å². The Morgan fingerprint density at radius 1 is 0.960 bits per heavy atom. The highest BCUT2D eigenvalue weighted by molar-refractivity contribution is 7.80. The molecule has 25 heavy (non-hydrogen) atoms. The van der Waals surface area contributed by atoms with Crippen LogP contribution in [0.3, 0.4) is 0 Å². The molecule has 0 saturated heterocycles. The summed E-state index contributed by atoms with van der Waals surface area (Å²) >= 11 is 5.18. The molecular formula is C20H24N2O2S. The molecule has 1 amide bonds. The van der Waals surface area contributed by atoms with E-state index in [1.165, 1.54) is 0 Å². The maximum atomic E-state index is 11.8. The Labute approximate surface area is 154 Å². The van der Waals surface area contributed by atoms with Crippen LogP contribution in [0.25, 0.3) is 0 Å². The molecule has 2 aromatic rings. The fraction of sp³-hybridized carbons (Fsp3) is 0.300. The van der Waals surface area contributed by atoms with Gasteiger partial charge in [0.1, 0.15) is 11.5 Å². The van der Waals surface area contributed by atoms with E-state index >= 15 is 0 Å². The van der Waals surface area contributed by atoms with Crippen molar-refractivity contribution in [1.29, 1.82) is 0 Å². The first-order valence-electron chi connectivity index (χ1n) is 8.61. The van der Waals surface area contributed by atoms with Crippen LogP contribution in [0.4, 0.5) is 5.69 Å². The Bertz CT molecular complexity index is 672. The standard InChI is InChI=1S/C20H24N2O2S/c1-2-3-4-8-11-19(23)22-20(25)21-16-12-14-18(15-13-16)24-17-9-6-5-7-10-17/h5-7,9-10,12-15H,2-4,8,11H2,1H3,(H2,21,22,23,25). The summed E-state index contributed by atoms with van der Waals surface area (Å²) in [6.45, 7) is 2.15. The Morgan fingerprint density at radius 2 is 1.64 bits per heavy atom. The van der Waals surface area contributed by atoms with E-state index in [2.05, 4.69) is 17.6 Å². The second kappa shape index (κ2) is 10.5. The van der Waals surface area contributed by atoms with E-state index < -0.39 is 0 Å². The van der Waals surface area contributed by atoms with E-state index in [1.54, 1.807) is 0 Å². The quantitative estimate of drug-likeness (QED) is 0.500. The second-order valence-electron chi connectivity index (χ2n) is 5.75. The summed E-state index contributed by atoms with van der Waals surface area (Å²) in [5.74, 6) is 1.48. The van der Waals surface area contributed by atoms with Gasteiger partial charge in [-0.3, -0.25) is 4.79 Å². The number of benzene rings is 2. The normalized spacial score (nSPS) is 10.1. The molecule has 0 aliphatic carbocycles. The number of para-hydroxylation sites is 1. The number of hydrogen-bond acceptors (Lipinski definition) is 3. The lowest BCUT2D eigenvalue weighted by Gasteiger charge is -2.10. The summed E-state index contributed by atoms with van der Waals surface area (Å²) in [6.07, 6.45) is 4.80. The summed E-state index contributed by atoms with van der Waals surface area (Å²) in [5.41, 5.74) is 0.802. The fourth-order valence-corrected chi connectivity index (χ4v) is 2.53. The second-order valence-corrected chi connectivity index (χ2v) is 6.16. The minimum Gasteiger partial charge on any atom is -0.457 e. The van der Waals surface area contributed by atoms with Gasteiger partial charge in [0.25, 0.3) is 0 Å². The van der Waals surface area contributed by atoms with Crippen molar-refractivity contribution in [3.05, 3.63) is 54.6 Å². The summed E-state index contributed by atoms with van der Waals surface area (Å²) < 4.78 is 5.74. The van der Waals surface area contributed by atoms with Crippen LogP contribution in [0.2, 0.25) is 0 Å². The summed E-state index contributed by atoms with van der Waals surface area (Å²) in [4.78, 5) is 11.8. The number of unbranched alkanes of at least 4 members (excludes halogenated alkanes) is 3. The van der Waals surface area contributed by atoms with Crippen LogP contribution < -0.4 is 15.4 Å². The largest absolute Gasteiger partial charge is 0.457 e. The first-order chi connectivity index (χ1) is 12.2. The molecule has 132 valence electrons. The van der Waals surface area contributed by atoms with Crippen LogP contribution in [0.15, 0.2) is 54.6 Å². The van der Waals surface area contributed by atoms with Gasteiger partial charge in [0, 0.05) is 12.1 Å². The number of carbonyl (C=O) groups is 1. The summed E-state index contributed by atoms with van der Waals surface area (Å²) in [7, 11) is 0. The van der Waals surface area contributed by atoms with E-state index in [1.807, 2.05) is 54.6 Å². The van der Waals surface area contributed by atoms with E-state index in [9.17, 15) is 4.79 Å². The van der Waals surface area contributed by atoms with Crippen LogP contribution in [0, 0.1) is 0 Å². The highest BCUT2D eigenvalue weighted by Gasteiger charge is 2.05. The zero-order chi connectivity index (χ0) is 17.9. The molecule has 0 unspecified atom stereocenters. The summed E-state index contributed by atoms with van der Waals surface area (Å²) in [6, 6.07) is 17.0. The van der Waals surface area contributed by atoms with Gasteiger partial charge in [-0.25, -0.2) is 0 Å². The first kappa shape index (κ1) is 18.9. The van der Waals surface area contributed by atoms with Crippen LogP contribution >= 0.6 is 12.2 Å². The molecule has 0 atom stereocenters. The zero-order valence-electron chi connectivity index (χ0n) is 14.5. The number of amides is 1. The predicted octanol–water partition coefficient (Wildman–Crippen LogP) is 5.26. The minimum absolute atomic E-state index is 0.0439. The van der Waals surface area contributed by atoms with Gasteiger partial charge in [0.05, 0.1) is 0 Å². The van der Waals surface area contributed by atoms with Gasteiger partial charge in [-0.2, -0.15) is 0 Å². The Hall–Kier alpha value is -2.40. The number of thiocarbonyl (C=S) groups is 1. The van der Waals surface area contributed by atoms with Crippen LogP contribution in [0.5, 0.6) is 11.5 Å². The van der Waals surface area contributed by atoms with E-state index in [-0.39, 0.29) is 5.91 Å². The average molecular weight is 356 g/mol. The number of anilines is 1. The van der Waals surface area contributed by atoms with Crippen molar-refractivity contribution >= 4 is 28.9 Å². The number of rotatable bonds is 8. The molecule has 4 nitrogen and oxygen atoms in total. The van der Waals surface area contributed by atoms with E-state index in [0.29, 0.717) is 11.5 Å². The molecule has 0 aliphatic rings. The average Bonchev–Trinajstić information content (AvgIpc) is 2.61. The molecule has 5 heteroatoms. The van der Waals surface area contributed by atoms with Gasteiger partial charge in [-0.15, -0.1) is 0 Å². The molecule has 0 bridgehead atoms. The molecule has 0 fully saturated rings. The highest BCUT2D eigenvalue weighted by Crippen LogP contribution is 2.22. The number of hydrogen-bond donors (Lipinski definition) is 2. The lowest BCUT2D eigenvalue weighted by Crippen LogP contribution is -2.33. The molecule has 0 spiro atoms. The predicted molar refractivity (Wildman–Crippen MR) is 106 cm³/mol. The van der Waals surface area contributed by atoms with Gasteiger partial charge in [0.15, 0.2) is 5.11 Å². The molecule has 0 aromatic heterocycles. The van der Waals surface area contributed by atoms with Gasteiger partial charge >= 0.3 is 0 Å². The molecule has 0 heterocycles. The third kappa shape index (κ3) is 7.35. The van der Waals surface area contributed by atoms with Crippen molar-refractivity contribution in [2.45, 2.75) is 39.0 Å². The Balaban J connectivity index is 1.76. The Kier molecular flexibility index (Phi) is 7.92. The van der Waals surface area contributed by atoms with Gasteiger partial charge in [0.2, 0.25) is 5.91 Å². The highest BCUT2D eigenvalue weighted by atomic mass is 32.1. The number of ether oxygens (including phenoxy) is 1. The van der Waals surface area contributed by atoms with Gasteiger partial charge in [-0.1, -0.05) is 44.4 Å². The van der Waals surface area contributed by atoms with Crippen LogP contribution in [-0.2, 0) is 4.79 Å². The van der Waals surface area contributed by atoms with Gasteiger partial charge in [-0.05, 0) is 55.0 Å². The van der Waals surface area contributed by atoms with Crippen molar-refractivity contribution in [3.63, 3.8) is 0 Å². The number of carbonyl (C=O) groups excluding carboxylic acids is 1. The molecule has 2 N–H and O–H groups in total. The van der Waals surface area contributed by atoms with Crippen molar-refractivity contribution in [1.82, 2.24) is 5.32 Å². The van der Waals surface area contributed by atoms with Crippen LogP contribution in [-0.4, -0.2) is 11.0 Å². The minimum atomic E-state index is -0.0439. The smallest absolute Gasteiger partial charge is 0.226 e. The fourth-order valence-electron chi connectivity index (χ4n) is 2.29. The molecule has 0 aliphatic heterocycles. The maximum Gasteiger partial charge on any atom is 0.226 e.